The van der Waals surface area contributed by atoms with Crippen LogP contribution in [0.5, 0.6) is 11.5 Å². The molecule has 1 aromatic heterocycles. The minimum atomic E-state index is -5.12. The summed E-state index contributed by atoms with van der Waals surface area (Å²) in [6, 6.07) is 3.77. The number of carbonyl (C=O) groups is 1. The number of rotatable bonds is 15. The molecule has 0 amide bonds. The van der Waals surface area contributed by atoms with Crippen LogP contribution in [0, 0.1) is 0 Å². The summed E-state index contributed by atoms with van der Waals surface area (Å²) >= 11 is 0. The predicted octanol–water partition coefficient (Wildman–Crippen LogP) is 9.03. The minimum Gasteiger partial charge on any atom is -0.490 e. The molecule has 3 rings (SSSR count). The van der Waals surface area contributed by atoms with Crippen LogP contribution in [0.2, 0.25) is 0 Å². The van der Waals surface area contributed by atoms with Gasteiger partial charge in [-0.2, -0.15) is 39.5 Å². The van der Waals surface area contributed by atoms with E-state index in [0.29, 0.717) is 31.4 Å². The Morgan fingerprint density at radius 3 is 1.90 bits per heavy atom. The summed E-state index contributed by atoms with van der Waals surface area (Å²) in [6.45, 7) is 4.41. The summed E-state index contributed by atoms with van der Waals surface area (Å²) in [4.78, 5) is 20.9. The molecule has 2 aromatic carbocycles. The van der Waals surface area contributed by atoms with Gasteiger partial charge in [-0.1, -0.05) is 13.8 Å². The van der Waals surface area contributed by atoms with Crippen molar-refractivity contribution in [2.75, 3.05) is 18.1 Å². The van der Waals surface area contributed by atoms with E-state index in [-0.39, 0.29) is 54.8 Å². The van der Waals surface area contributed by atoms with Gasteiger partial charge in [0.05, 0.1) is 48.4 Å². The lowest BCUT2D eigenvalue weighted by Gasteiger charge is -2.26. The number of alkyl halides is 9. The highest BCUT2D eigenvalue weighted by Crippen LogP contribution is 2.38. The molecule has 0 bridgehead atoms. The number of aromatic nitrogens is 2. The van der Waals surface area contributed by atoms with Gasteiger partial charge in [0.15, 0.2) is 5.75 Å². The maximum absolute atomic E-state index is 13.7. The molecule has 0 spiro atoms. The van der Waals surface area contributed by atoms with Crippen LogP contribution >= 0.6 is 0 Å². The molecule has 0 atom stereocenters. The highest BCUT2D eigenvalue weighted by molar-refractivity contribution is 5.69. The molecular weight excluding hydrogens is 661 g/mol. The number of halogens is 9. The van der Waals surface area contributed by atoms with Crippen molar-refractivity contribution in [1.29, 1.82) is 0 Å². The standard InChI is InChI=1S/C32H34F9N3O4/c1-4-25(5-2)48-27-10-9-22(30(33,34)35)14-21(27)19-44(18-20-12-23(31(36,37)38)15-24(13-20)32(39,40)41)29-42-16-26(17-43-29)47-11-7-8-28(45)46-6-3/h9-10,12-17,25H,4-8,11,18-19H2,1-3H3. The van der Waals surface area contributed by atoms with Crippen LogP contribution in [-0.2, 0) is 41.1 Å². The second kappa shape index (κ2) is 16.2. The van der Waals surface area contributed by atoms with Gasteiger partial charge in [0, 0.05) is 25.1 Å². The maximum Gasteiger partial charge on any atom is 0.416 e. The Kier molecular flexibility index (Phi) is 12.9. The van der Waals surface area contributed by atoms with Gasteiger partial charge in [-0.3, -0.25) is 4.79 Å². The summed E-state index contributed by atoms with van der Waals surface area (Å²) < 4.78 is 139. The number of hydrogen-bond acceptors (Lipinski definition) is 7. The van der Waals surface area contributed by atoms with Crippen molar-refractivity contribution < 1.29 is 58.5 Å². The fourth-order valence-corrected chi connectivity index (χ4v) is 4.55. The van der Waals surface area contributed by atoms with Gasteiger partial charge in [0.2, 0.25) is 5.95 Å². The molecule has 0 unspecified atom stereocenters. The van der Waals surface area contributed by atoms with Gasteiger partial charge in [0.25, 0.3) is 0 Å². The van der Waals surface area contributed by atoms with Gasteiger partial charge >= 0.3 is 24.5 Å². The lowest BCUT2D eigenvalue weighted by atomic mass is 10.0. The molecule has 48 heavy (non-hydrogen) atoms. The average molecular weight is 696 g/mol. The summed E-state index contributed by atoms with van der Waals surface area (Å²) in [7, 11) is 0. The molecular formula is C32H34F9N3O4. The van der Waals surface area contributed by atoms with Crippen molar-refractivity contribution in [3.05, 3.63) is 76.6 Å². The number of ether oxygens (including phenoxy) is 3. The second-order valence-electron chi connectivity index (χ2n) is 10.6. The SMILES string of the molecule is CCOC(=O)CCCOc1cnc(N(Cc2cc(C(F)(F)F)cc(C(F)(F)F)c2)Cc2cc(C(F)(F)F)ccc2OC(CC)CC)nc1. The lowest BCUT2D eigenvalue weighted by Crippen LogP contribution is -2.26. The molecule has 7 nitrogen and oxygen atoms in total. The number of benzene rings is 2. The van der Waals surface area contributed by atoms with Gasteiger partial charge in [-0.05, 0) is 68.1 Å². The molecule has 0 saturated heterocycles. The van der Waals surface area contributed by atoms with Gasteiger partial charge in [0.1, 0.15) is 5.75 Å². The number of nitrogens with zero attached hydrogens (tertiary/aromatic N) is 3. The van der Waals surface area contributed by atoms with Crippen molar-refractivity contribution in [2.45, 2.75) is 84.2 Å². The van der Waals surface area contributed by atoms with Crippen LogP contribution < -0.4 is 14.4 Å². The minimum absolute atomic E-state index is 0.0210. The monoisotopic (exact) mass is 695 g/mol. The Balaban J connectivity index is 2.05. The fourth-order valence-electron chi connectivity index (χ4n) is 4.55. The van der Waals surface area contributed by atoms with Gasteiger partial charge < -0.3 is 19.1 Å². The molecule has 0 radical (unpaired) electrons. The van der Waals surface area contributed by atoms with Crippen LogP contribution in [0.15, 0.2) is 48.8 Å². The largest absolute Gasteiger partial charge is 0.490 e. The molecule has 0 fully saturated rings. The highest BCUT2D eigenvalue weighted by Gasteiger charge is 2.37. The molecule has 0 aliphatic carbocycles. The third-order valence-electron chi connectivity index (χ3n) is 6.97. The molecule has 0 aliphatic heterocycles. The maximum atomic E-state index is 13.7. The quantitative estimate of drug-likeness (QED) is 0.0893. The summed E-state index contributed by atoms with van der Waals surface area (Å²) in [5.41, 5.74) is -4.66. The first kappa shape index (κ1) is 38.2. The van der Waals surface area contributed by atoms with E-state index in [0.717, 1.165) is 23.1 Å². The van der Waals surface area contributed by atoms with Crippen molar-refractivity contribution in [3.63, 3.8) is 0 Å². The zero-order valence-electron chi connectivity index (χ0n) is 26.2. The second-order valence-corrected chi connectivity index (χ2v) is 10.6. The molecule has 264 valence electrons. The predicted molar refractivity (Wildman–Crippen MR) is 156 cm³/mol. The third kappa shape index (κ3) is 11.2. The fraction of sp³-hybridized carbons (Fsp3) is 0.469. The number of anilines is 1. The van der Waals surface area contributed by atoms with E-state index >= 15 is 0 Å². The van der Waals surface area contributed by atoms with Crippen LogP contribution in [0.25, 0.3) is 0 Å². The number of hydrogen-bond donors (Lipinski definition) is 0. The van der Waals surface area contributed by atoms with E-state index in [4.69, 9.17) is 14.2 Å². The van der Waals surface area contributed by atoms with E-state index in [1.54, 1.807) is 6.92 Å². The molecule has 3 aromatic rings. The van der Waals surface area contributed by atoms with Crippen molar-refractivity contribution in [1.82, 2.24) is 9.97 Å². The molecule has 0 N–H and O–H groups in total. The van der Waals surface area contributed by atoms with E-state index in [1.807, 2.05) is 13.8 Å². The number of carbonyl (C=O) groups excluding carboxylic acids is 1. The third-order valence-corrected chi connectivity index (χ3v) is 6.97. The average Bonchev–Trinajstić information content (AvgIpc) is 3.01. The summed E-state index contributed by atoms with van der Waals surface area (Å²) in [5, 5.41) is 0. The summed E-state index contributed by atoms with van der Waals surface area (Å²) in [5.74, 6) is -0.486. The van der Waals surface area contributed by atoms with Crippen molar-refractivity contribution in [2.24, 2.45) is 0 Å². The van der Waals surface area contributed by atoms with Crippen LogP contribution in [0.4, 0.5) is 45.5 Å². The van der Waals surface area contributed by atoms with Crippen LogP contribution in [0.3, 0.4) is 0 Å². The molecule has 0 saturated carbocycles. The Morgan fingerprint density at radius 1 is 0.792 bits per heavy atom. The summed E-state index contributed by atoms with van der Waals surface area (Å²) in [6.07, 6.45) is -11.6. The lowest BCUT2D eigenvalue weighted by molar-refractivity contribution is -0.144. The van der Waals surface area contributed by atoms with Crippen molar-refractivity contribution >= 4 is 11.9 Å². The van der Waals surface area contributed by atoms with E-state index in [2.05, 4.69) is 9.97 Å². The zero-order valence-corrected chi connectivity index (χ0v) is 26.2. The van der Waals surface area contributed by atoms with Crippen molar-refractivity contribution in [3.8, 4) is 11.5 Å². The molecule has 1 heterocycles. The first-order chi connectivity index (χ1) is 22.4. The Labute approximate surface area is 271 Å². The van der Waals surface area contributed by atoms with Crippen LogP contribution in [0.1, 0.15) is 74.3 Å². The Morgan fingerprint density at radius 2 is 1.38 bits per heavy atom. The van der Waals surface area contributed by atoms with E-state index in [1.165, 1.54) is 12.4 Å². The molecule has 0 aliphatic rings. The van der Waals surface area contributed by atoms with Gasteiger partial charge in [-0.15, -0.1) is 0 Å². The smallest absolute Gasteiger partial charge is 0.416 e. The normalized spacial score (nSPS) is 12.3. The van der Waals surface area contributed by atoms with E-state index in [9.17, 15) is 44.3 Å². The zero-order chi connectivity index (χ0) is 35.7. The van der Waals surface area contributed by atoms with E-state index < -0.39 is 59.8 Å². The Bertz CT molecular complexity index is 1460. The van der Waals surface area contributed by atoms with Crippen LogP contribution in [-0.4, -0.2) is 35.3 Å². The molecule has 16 heteroatoms. The first-order valence-corrected chi connectivity index (χ1v) is 14.9. The Hall–Kier alpha value is -4.24. The number of esters is 1. The topological polar surface area (TPSA) is 73.8 Å². The highest BCUT2D eigenvalue weighted by atomic mass is 19.4. The first-order valence-electron chi connectivity index (χ1n) is 14.9. The van der Waals surface area contributed by atoms with Gasteiger partial charge in [-0.25, -0.2) is 9.97 Å².